The average Bonchev–Trinajstić information content (AvgIpc) is 3.45. The van der Waals surface area contributed by atoms with Crippen molar-refractivity contribution in [1.29, 1.82) is 0 Å². The van der Waals surface area contributed by atoms with Crippen LogP contribution in [0.3, 0.4) is 0 Å². The topological polar surface area (TPSA) is 120 Å². The number of fused-ring (bicyclic) bond motifs is 1. The third kappa shape index (κ3) is 4.83. The molecule has 1 atom stereocenters. The number of imide groups is 1. The number of H-pyrrole nitrogens is 1. The monoisotopic (exact) mass is 530 g/mol. The predicted molar refractivity (Wildman–Crippen MR) is 144 cm³/mol. The second-order valence-electron chi connectivity index (χ2n) is 9.05. The number of anilines is 2. The summed E-state index contributed by atoms with van der Waals surface area (Å²) in [4.78, 5) is 42.2. The maximum Gasteiger partial charge on any atom is 0.252 e. The van der Waals surface area contributed by atoms with Crippen molar-refractivity contribution < 1.29 is 22.8 Å². The van der Waals surface area contributed by atoms with Crippen molar-refractivity contribution in [3.63, 3.8) is 0 Å². The van der Waals surface area contributed by atoms with Gasteiger partial charge in [0.05, 0.1) is 17.0 Å². The van der Waals surface area contributed by atoms with E-state index in [1.54, 1.807) is 42.5 Å². The highest BCUT2D eigenvalue weighted by atomic mass is 32.2. The summed E-state index contributed by atoms with van der Waals surface area (Å²) in [6.45, 7) is 1.39. The summed E-state index contributed by atoms with van der Waals surface area (Å²) in [5, 5.41) is 3.61. The van der Waals surface area contributed by atoms with Gasteiger partial charge >= 0.3 is 0 Å². The van der Waals surface area contributed by atoms with Gasteiger partial charge in [-0.2, -0.15) is 4.31 Å². The van der Waals surface area contributed by atoms with Gasteiger partial charge in [-0.05, 0) is 54.4 Å². The van der Waals surface area contributed by atoms with E-state index in [9.17, 15) is 22.8 Å². The van der Waals surface area contributed by atoms with Gasteiger partial charge in [-0.15, -0.1) is 0 Å². The zero-order valence-electron chi connectivity index (χ0n) is 20.6. The second kappa shape index (κ2) is 10.2. The van der Waals surface area contributed by atoms with Gasteiger partial charge in [0.15, 0.2) is 0 Å². The molecule has 194 valence electrons. The first-order valence-corrected chi connectivity index (χ1v) is 13.6. The largest absolute Gasteiger partial charge is 0.361 e. The lowest BCUT2D eigenvalue weighted by molar-refractivity contribution is -0.122. The van der Waals surface area contributed by atoms with Crippen LogP contribution < -0.4 is 10.2 Å². The first kappa shape index (κ1) is 25.4. The number of nitrogens with one attached hydrogen (secondary N) is 2. The van der Waals surface area contributed by atoms with Crippen LogP contribution >= 0.6 is 0 Å². The summed E-state index contributed by atoms with van der Waals surface area (Å²) in [7, 11) is -4.10. The number of sulfonamides is 1. The molecule has 1 aliphatic heterocycles. The minimum atomic E-state index is -4.10. The lowest BCUT2D eigenvalue weighted by Crippen LogP contribution is -2.46. The zero-order valence-corrected chi connectivity index (χ0v) is 21.4. The van der Waals surface area contributed by atoms with E-state index in [0.29, 0.717) is 17.8 Å². The maximum atomic E-state index is 13.8. The number of hydrogen-bond donors (Lipinski definition) is 2. The van der Waals surface area contributed by atoms with Crippen LogP contribution in [0.4, 0.5) is 11.4 Å². The molecule has 0 radical (unpaired) electrons. The fourth-order valence-corrected chi connectivity index (χ4v) is 6.35. The molecule has 0 spiro atoms. The number of carbonyl (C=O) groups is 3. The molecule has 1 aromatic heterocycles. The Balaban J connectivity index is 1.46. The van der Waals surface area contributed by atoms with Crippen molar-refractivity contribution in [2.75, 3.05) is 16.8 Å². The van der Waals surface area contributed by atoms with Gasteiger partial charge in [0.2, 0.25) is 21.8 Å². The van der Waals surface area contributed by atoms with E-state index in [1.165, 1.54) is 19.1 Å². The number of aromatic amines is 1. The third-order valence-corrected chi connectivity index (χ3v) is 8.46. The molecule has 4 aromatic rings. The maximum absolute atomic E-state index is 13.8. The molecule has 5 rings (SSSR count). The molecule has 2 N–H and O–H groups in total. The summed E-state index contributed by atoms with van der Waals surface area (Å²) in [6.07, 6.45) is 1.91. The summed E-state index contributed by atoms with van der Waals surface area (Å²) >= 11 is 0. The Morgan fingerprint density at radius 2 is 1.68 bits per heavy atom. The smallest absolute Gasteiger partial charge is 0.252 e. The Morgan fingerprint density at radius 3 is 2.39 bits per heavy atom. The average molecular weight is 531 g/mol. The molecule has 1 aliphatic rings. The molecule has 3 aromatic carbocycles. The summed E-state index contributed by atoms with van der Waals surface area (Å²) < 4.78 is 28.7. The van der Waals surface area contributed by atoms with Gasteiger partial charge in [-0.3, -0.25) is 14.4 Å². The van der Waals surface area contributed by atoms with Gasteiger partial charge in [0.25, 0.3) is 5.91 Å². The quantitative estimate of drug-likeness (QED) is 0.337. The minimum absolute atomic E-state index is 0.0120. The van der Waals surface area contributed by atoms with Gasteiger partial charge in [-0.1, -0.05) is 36.4 Å². The molecular weight excluding hydrogens is 504 g/mol. The third-order valence-electron chi connectivity index (χ3n) is 6.54. The minimum Gasteiger partial charge on any atom is -0.361 e. The summed E-state index contributed by atoms with van der Waals surface area (Å²) in [5.41, 5.74) is 2.67. The van der Waals surface area contributed by atoms with Crippen molar-refractivity contribution in [3.8, 4) is 0 Å². The number of para-hydroxylation sites is 1. The van der Waals surface area contributed by atoms with Crippen LogP contribution in [0, 0.1) is 0 Å². The molecule has 38 heavy (non-hydrogen) atoms. The van der Waals surface area contributed by atoms with Crippen LogP contribution in [0.15, 0.2) is 90.0 Å². The fraction of sp³-hybridized carbons (Fsp3) is 0.179. The molecule has 9 nitrogen and oxygen atoms in total. The standard InChI is InChI=1S/C28H26N4O5S/c1-19(33)30-21-11-13-22(14-12-21)32-27(34)17-26(28(32)35)31(38(36,37)23-7-3-2-4-8-23)16-15-20-18-29-25-10-6-5-9-24(20)25/h2-14,18,26,29H,15-17H2,1H3,(H,30,33). The Kier molecular flexibility index (Phi) is 6.83. The molecule has 10 heteroatoms. The molecule has 0 saturated carbocycles. The summed E-state index contributed by atoms with van der Waals surface area (Å²) in [5.74, 6) is -1.35. The SMILES string of the molecule is CC(=O)Nc1ccc(N2C(=O)CC(N(CCc3c[nH]c4ccccc34)S(=O)(=O)c3ccccc3)C2=O)cc1. The number of rotatable bonds is 8. The van der Waals surface area contributed by atoms with E-state index in [0.717, 1.165) is 25.7 Å². The predicted octanol–water partition coefficient (Wildman–Crippen LogP) is 3.69. The van der Waals surface area contributed by atoms with Gasteiger partial charge in [0, 0.05) is 36.3 Å². The van der Waals surface area contributed by atoms with Crippen molar-refractivity contribution in [2.24, 2.45) is 0 Å². The second-order valence-corrected chi connectivity index (χ2v) is 10.9. The molecule has 2 heterocycles. The van der Waals surface area contributed by atoms with E-state index in [4.69, 9.17) is 0 Å². The molecule has 0 bridgehead atoms. The summed E-state index contributed by atoms with van der Waals surface area (Å²) in [6, 6.07) is 20.7. The van der Waals surface area contributed by atoms with Crippen molar-refractivity contribution in [1.82, 2.24) is 9.29 Å². The molecular formula is C28H26N4O5S. The van der Waals surface area contributed by atoms with E-state index in [2.05, 4.69) is 10.3 Å². The highest BCUT2D eigenvalue weighted by Gasteiger charge is 2.46. The van der Waals surface area contributed by atoms with Crippen molar-refractivity contribution in [2.45, 2.75) is 30.7 Å². The lowest BCUT2D eigenvalue weighted by Gasteiger charge is -2.27. The van der Waals surface area contributed by atoms with E-state index in [1.807, 2.05) is 30.5 Å². The number of nitrogens with zero attached hydrogens (tertiary/aromatic N) is 2. The van der Waals surface area contributed by atoms with E-state index in [-0.39, 0.29) is 23.8 Å². The van der Waals surface area contributed by atoms with Gasteiger partial charge in [0.1, 0.15) is 6.04 Å². The first-order valence-electron chi connectivity index (χ1n) is 12.1. The fourth-order valence-electron chi connectivity index (χ4n) is 4.75. The van der Waals surface area contributed by atoms with Crippen LogP contribution in [-0.2, 0) is 30.8 Å². The highest BCUT2D eigenvalue weighted by Crippen LogP contribution is 2.31. The molecule has 0 aliphatic carbocycles. The van der Waals surface area contributed by atoms with Crippen LogP contribution in [-0.4, -0.2) is 48.0 Å². The van der Waals surface area contributed by atoms with Crippen LogP contribution in [0.25, 0.3) is 10.9 Å². The Bertz CT molecular complexity index is 1610. The Hall–Kier alpha value is -4.28. The number of benzene rings is 3. The van der Waals surface area contributed by atoms with Crippen molar-refractivity contribution in [3.05, 3.63) is 90.6 Å². The van der Waals surface area contributed by atoms with Crippen LogP contribution in [0.1, 0.15) is 18.9 Å². The molecule has 1 unspecified atom stereocenters. The number of hydrogen-bond acceptors (Lipinski definition) is 5. The zero-order chi connectivity index (χ0) is 26.9. The number of amides is 3. The van der Waals surface area contributed by atoms with E-state index >= 15 is 0 Å². The Labute approximate surface area is 220 Å². The number of aromatic nitrogens is 1. The first-order chi connectivity index (χ1) is 18.3. The van der Waals surface area contributed by atoms with Gasteiger partial charge < -0.3 is 10.3 Å². The Morgan fingerprint density at radius 1 is 1.00 bits per heavy atom. The number of carbonyl (C=O) groups excluding carboxylic acids is 3. The lowest BCUT2D eigenvalue weighted by atomic mass is 10.1. The van der Waals surface area contributed by atoms with Crippen LogP contribution in [0.2, 0.25) is 0 Å². The van der Waals surface area contributed by atoms with Crippen LogP contribution in [0.5, 0.6) is 0 Å². The molecule has 1 saturated heterocycles. The van der Waals surface area contributed by atoms with Crippen molar-refractivity contribution >= 4 is 50.0 Å². The molecule has 3 amide bonds. The normalized spacial score (nSPS) is 15.9. The van der Waals surface area contributed by atoms with Gasteiger partial charge in [-0.25, -0.2) is 13.3 Å². The molecule has 1 fully saturated rings. The van der Waals surface area contributed by atoms with E-state index < -0.39 is 27.9 Å². The highest BCUT2D eigenvalue weighted by molar-refractivity contribution is 7.89.